The fourth-order valence-electron chi connectivity index (χ4n) is 1.96. The molecule has 7 heteroatoms. The molecule has 0 aromatic carbocycles. The Hall–Kier alpha value is -1.40. The first kappa shape index (κ1) is 14.0. The van der Waals surface area contributed by atoms with Crippen LogP contribution >= 0.6 is 11.6 Å². The lowest BCUT2D eigenvalue weighted by Gasteiger charge is -2.35. The number of hydrogen-bond donors (Lipinski definition) is 1. The lowest BCUT2D eigenvalue weighted by molar-refractivity contribution is -0.125. The van der Waals surface area contributed by atoms with E-state index in [0.717, 1.165) is 0 Å². The van der Waals surface area contributed by atoms with E-state index in [1.165, 1.54) is 6.33 Å². The van der Waals surface area contributed by atoms with E-state index in [4.69, 9.17) is 16.3 Å². The third kappa shape index (κ3) is 3.54. The molecule has 1 N–H and O–H groups in total. The molecule has 1 aromatic rings. The van der Waals surface area contributed by atoms with Gasteiger partial charge in [-0.05, 0) is 13.8 Å². The first-order chi connectivity index (χ1) is 9.08. The zero-order valence-electron chi connectivity index (χ0n) is 11.0. The number of rotatable bonds is 3. The van der Waals surface area contributed by atoms with E-state index in [9.17, 15) is 4.79 Å². The number of amides is 1. The van der Waals surface area contributed by atoms with Gasteiger partial charge in [-0.25, -0.2) is 9.97 Å². The molecule has 1 atom stereocenters. The summed E-state index contributed by atoms with van der Waals surface area (Å²) in [5.74, 6) is 0.580. The molecule has 19 heavy (non-hydrogen) atoms. The average Bonchev–Trinajstić information content (AvgIpc) is 2.38. The molecule has 1 aliphatic heterocycles. The van der Waals surface area contributed by atoms with Gasteiger partial charge in [-0.15, -0.1) is 0 Å². The van der Waals surface area contributed by atoms with Crippen LogP contribution in [0.5, 0.6) is 0 Å². The van der Waals surface area contributed by atoms with Crippen LogP contribution in [-0.2, 0) is 9.53 Å². The number of nitrogens with zero attached hydrogens (tertiary/aromatic N) is 3. The summed E-state index contributed by atoms with van der Waals surface area (Å²) in [5.41, 5.74) is 0. The Labute approximate surface area is 117 Å². The summed E-state index contributed by atoms with van der Waals surface area (Å²) in [5, 5.41) is 3.25. The van der Waals surface area contributed by atoms with E-state index in [-0.39, 0.29) is 18.0 Å². The van der Waals surface area contributed by atoms with E-state index < -0.39 is 0 Å². The molecular formula is C12H17ClN4O2. The van der Waals surface area contributed by atoms with Crippen molar-refractivity contribution in [2.24, 2.45) is 0 Å². The van der Waals surface area contributed by atoms with Crippen molar-refractivity contribution < 1.29 is 9.53 Å². The van der Waals surface area contributed by atoms with Crippen LogP contribution in [0.1, 0.15) is 13.8 Å². The Morgan fingerprint density at radius 3 is 3.05 bits per heavy atom. The molecule has 2 rings (SSSR count). The summed E-state index contributed by atoms with van der Waals surface area (Å²) in [4.78, 5) is 22.1. The van der Waals surface area contributed by atoms with Crippen LogP contribution in [-0.4, -0.2) is 47.7 Å². The molecule has 0 bridgehead atoms. The SMILES string of the molecule is CC(C)NC(=O)C1COCCN1c1cc(Cl)ncn1. The van der Waals surface area contributed by atoms with E-state index in [0.29, 0.717) is 30.7 Å². The van der Waals surface area contributed by atoms with Gasteiger partial charge in [-0.3, -0.25) is 4.79 Å². The Morgan fingerprint density at radius 2 is 2.37 bits per heavy atom. The average molecular weight is 285 g/mol. The number of anilines is 1. The smallest absolute Gasteiger partial charge is 0.245 e. The van der Waals surface area contributed by atoms with E-state index >= 15 is 0 Å². The first-order valence-corrected chi connectivity index (χ1v) is 6.58. The highest BCUT2D eigenvalue weighted by Crippen LogP contribution is 2.19. The highest BCUT2D eigenvalue weighted by atomic mass is 35.5. The first-order valence-electron chi connectivity index (χ1n) is 6.20. The van der Waals surface area contributed by atoms with Crippen molar-refractivity contribution in [1.82, 2.24) is 15.3 Å². The van der Waals surface area contributed by atoms with Gasteiger partial charge in [0, 0.05) is 18.7 Å². The maximum absolute atomic E-state index is 12.2. The molecule has 1 amide bonds. The van der Waals surface area contributed by atoms with Crippen LogP contribution in [0.4, 0.5) is 5.82 Å². The van der Waals surface area contributed by atoms with Crippen molar-refractivity contribution >= 4 is 23.3 Å². The minimum absolute atomic E-state index is 0.0653. The van der Waals surface area contributed by atoms with Crippen molar-refractivity contribution in [3.8, 4) is 0 Å². The van der Waals surface area contributed by atoms with Gasteiger partial charge in [0.25, 0.3) is 0 Å². The lowest BCUT2D eigenvalue weighted by Crippen LogP contribution is -2.55. The molecule has 0 radical (unpaired) electrons. The summed E-state index contributed by atoms with van der Waals surface area (Å²) >= 11 is 5.87. The predicted molar refractivity (Wildman–Crippen MR) is 72.3 cm³/mol. The minimum Gasteiger partial charge on any atom is -0.377 e. The molecule has 1 unspecified atom stereocenters. The number of aromatic nitrogens is 2. The molecule has 1 fully saturated rings. The van der Waals surface area contributed by atoms with Gasteiger partial charge >= 0.3 is 0 Å². The number of morpholine rings is 1. The molecule has 1 aromatic heterocycles. The fraction of sp³-hybridized carbons (Fsp3) is 0.583. The molecule has 6 nitrogen and oxygen atoms in total. The number of nitrogens with one attached hydrogen (secondary N) is 1. The maximum Gasteiger partial charge on any atom is 0.245 e. The van der Waals surface area contributed by atoms with Crippen molar-refractivity contribution in [3.63, 3.8) is 0 Å². The molecule has 104 valence electrons. The van der Waals surface area contributed by atoms with Gasteiger partial charge < -0.3 is 15.0 Å². The standard InChI is InChI=1S/C12H17ClN4O2/c1-8(2)16-12(18)9-6-19-4-3-17(9)11-5-10(13)14-7-15-11/h5,7-9H,3-4,6H2,1-2H3,(H,16,18). The third-order valence-corrected chi connectivity index (χ3v) is 2.98. The van der Waals surface area contributed by atoms with Crippen LogP contribution < -0.4 is 10.2 Å². The van der Waals surface area contributed by atoms with Gasteiger partial charge in [-0.2, -0.15) is 0 Å². The highest BCUT2D eigenvalue weighted by molar-refractivity contribution is 6.29. The molecule has 1 aliphatic rings. The molecule has 0 aliphatic carbocycles. The Bertz CT molecular complexity index is 455. The highest BCUT2D eigenvalue weighted by Gasteiger charge is 2.30. The monoisotopic (exact) mass is 284 g/mol. The third-order valence-electron chi connectivity index (χ3n) is 2.78. The van der Waals surface area contributed by atoms with Gasteiger partial charge in [0.1, 0.15) is 23.3 Å². The summed E-state index contributed by atoms with van der Waals surface area (Å²) in [6.07, 6.45) is 1.39. The second-order valence-electron chi connectivity index (χ2n) is 4.65. The van der Waals surface area contributed by atoms with E-state index in [1.807, 2.05) is 18.7 Å². The second kappa shape index (κ2) is 6.16. The van der Waals surface area contributed by atoms with Crippen LogP contribution in [0.3, 0.4) is 0 Å². The Morgan fingerprint density at radius 1 is 1.58 bits per heavy atom. The van der Waals surface area contributed by atoms with Gasteiger partial charge in [-0.1, -0.05) is 11.6 Å². The van der Waals surface area contributed by atoms with Gasteiger partial charge in [0.15, 0.2) is 0 Å². The largest absolute Gasteiger partial charge is 0.377 e. The molecule has 2 heterocycles. The lowest BCUT2D eigenvalue weighted by atomic mass is 10.2. The topological polar surface area (TPSA) is 67.3 Å². The van der Waals surface area contributed by atoms with Crippen molar-refractivity contribution in [1.29, 1.82) is 0 Å². The molecular weight excluding hydrogens is 268 g/mol. The molecule has 0 spiro atoms. The van der Waals surface area contributed by atoms with Crippen molar-refractivity contribution in [2.45, 2.75) is 25.9 Å². The fourth-order valence-corrected chi connectivity index (χ4v) is 2.10. The van der Waals surface area contributed by atoms with E-state index in [1.54, 1.807) is 6.07 Å². The summed E-state index contributed by atoms with van der Waals surface area (Å²) < 4.78 is 5.39. The Kier molecular flexibility index (Phi) is 4.55. The number of halogens is 1. The van der Waals surface area contributed by atoms with E-state index in [2.05, 4.69) is 15.3 Å². The minimum atomic E-state index is -0.387. The normalized spacial score (nSPS) is 19.6. The van der Waals surface area contributed by atoms with Gasteiger partial charge in [0.05, 0.1) is 13.2 Å². The number of carbonyl (C=O) groups is 1. The van der Waals surface area contributed by atoms with Crippen LogP contribution in [0, 0.1) is 0 Å². The summed E-state index contributed by atoms with van der Waals surface area (Å²) in [7, 11) is 0. The van der Waals surface area contributed by atoms with Gasteiger partial charge in [0.2, 0.25) is 5.91 Å². The van der Waals surface area contributed by atoms with Crippen LogP contribution in [0.15, 0.2) is 12.4 Å². The van der Waals surface area contributed by atoms with Crippen molar-refractivity contribution in [3.05, 3.63) is 17.5 Å². The number of ether oxygens (including phenoxy) is 1. The zero-order valence-corrected chi connectivity index (χ0v) is 11.7. The number of hydrogen-bond acceptors (Lipinski definition) is 5. The maximum atomic E-state index is 12.2. The quantitative estimate of drug-likeness (QED) is 0.834. The predicted octanol–water partition coefficient (Wildman–Crippen LogP) is 0.860. The second-order valence-corrected chi connectivity index (χ2v) is 5.03. The van der Waals surface area contributed by atoms with Crippen LogP contribution in [0.25, 0.3) is 0 Å². The summed E-state index contributed by atoms with van der Waals surface area (Å²) in [6, 6.07) is 1.36. The van der Waals surface area contributed by atoms with Crippen LogP contribution in [0.2, 0.25) is 5.15 Å². The van der Waals surface area contributed by atoms with Crippen molar-refractivity contribution in [2.75, 3.05) is 24.7 Å². The number of carbonyl (C=O) groups excluding carboxylic acids is 1. The summed E-state index contributed by atoms with van der Waals surface area (Å²) in [6.45, 7) is 5.36. The zero-order chi connectivity index (χ0) is 13.8. The molecule has 1 saturated heterocycles. The Balaban J connectivity index is 2.18. The molecule has 0 saturated carbocycles.